The molecule has 1 saturated carbocycles. The van der Waals surface area contributed by atoms with Gasteiger partial charge in [-0.1, -0.05) is 54.4 Å². The summed E-state index contributed by atoms with van der Waals surface area (Å²) < 4.78 is 81.3. The maximum atomic E-state index is 14.3. The van der Waals surface area contributed by atoms with Gasteiger partial charge in [-0.25, -0.2) is 8.42 Å². The van der Waals surface area contributed by atoms with Crippen molar-refractivity contribution in [2.24, 2.45) is 10.9 Å². The highest BCUT2D eigenvalue weighted by atomic mass is 32.2. The van der Waals surface area contributed by atoms with E-state index in [0.717, 1.165) is 25.7 Å². The Morgan fingerprint density at radius 2 is 1.85 bits per heavy atom. The number of anilines is 1. The van der Waals surface area contributed by atoms with Crippen molar-refractivity contribution < 1.29 is 40.4 Å². The van der Waals surface area contributed by atoms with Gasteiger partial charge in [0.2, 0.25) is 5.91 Å². The zero-order valence-corrected chi connectivity index (χ0v) is 30.4. The number of amidine groups is 1. The summed E-state index contributed by atoms with van der Waals surface area (Å²) >= 11 is 0. The molecule has 2 amide bonds. The summed E-state index contributed by atoms with van der Waals surface area (Å²) in [6.07, 6.45) is -1.64. The van der Waals surface area contributed by atoms with E-state index in [1.165, 1.54) is 11.0 Å². The monoisotopic (exact) mass is 743 g/mol. The topological polar surface area (TPSA) is 134 Å². The van der Waals surface area contributed by atoms with E-state index in [-0.39, 0.29) is 48.1 Å². The van der Waals surface area contributed by atoms with Crippen LogP contribution in [0.5, 0.6) is 0 Å². The van der Waals surface area contributed by atoms with Gasteiger partial charge in [-0.05, 0) is 69.2 Å². The van der Waals surface area contributed by atoms with Crippen molar-refractivity contribution in [2.75, 3.05) is 24.4 Å². The number of aliphatic imine (C=N–C) groups is 1. The van der Waals surface area contributed by atoms with Gasteiger partial charge in [-0.3, -0.25) is 24.2 Å². The Hall–Kier alpha value is -4.24. The first-order valence-electron chi connectivity index (χ1n) is 17.7. The van der Waals surface area contributed by atoms with Gasteiger partial charge in [0.05, 0.1) is 31.0 Å². The fourth-order valence-corrected chi connectivity index (χ4v) is 8.67. The summed E-state index contributed by atoms with van der Waals surface area (Å²) in [7, 11) is -4.13. The standard InChI is InChI=1S/C37H44F3N5O6S/c1-4-50-22-28-20-26(14-15-29(28)30-12-7-8-13-31(30)52(48,49)43-33-24(2)25(3)51-42-33)21-45-32(16-18-37(38,39)40)41-36(35(45)47)17-9-19-44(23-36)34(46)27-10-5-6-11-27/h7-8,12-15,20,27H,4-6,9-11,16-19,21-23H2,1-3H3,(H,42,43). The SMILES string of the molecule is CCOCc1cc(CN2C(=O)C3(CCCN(C(=O)C4CCCC4)C3)N=C2CCC(F)(F)F)ccc1-c1ccccc1S(=O)(=O)Nc1noc(C)c1C. The average molecular weight is 744 g/mol. The number of rotatable bonds is 12. The average Bonchev–Trinajstić information content (AvgIpc) is 3.83. The van der Waals surface area contributed by atoms with Crippen molar-refractivity contribution in [3.05, 3.63) is 64.9 Å². The first-order chi connectivity index (χ1) is 24.7. The van der Waals surface area contributed by atoms with Gasteiger partial charge >= 0.3 is 6.18 Å². The Bertz CT molecular complexity index is 1960. The van der Waals surface area contributed by atoms with E-state index >= 15 is 0 Å². The molecule has 0 radical (unpaired) electrons. The highest BCUT2D eigenvalue weighted by molar-refractivity contribution is 7.92. The van der Waals surface area contributed by atoms with Gasteiger partial charge in [0, 0.05) is 36.6 Å². The molecule has 1 N–H and O–H groups in total. The Labute approximate surface area is 301 Å². The third kappa shape index (κ3) is 7.89. The van der Waals surface area contributed by atoms with Crippen LogP contribution in [-0.4, -0.2) is 72.4 Å². The fraction of sp³-hybridized carbons (Fsp3) is 0.514. The van der Waals surface area contributed by atoms with E-state index in [0.29, 0.717) is 59.6 Å². The second-order valence-electron chi connectivity index (χ2n) is 13.9. The van der Waals surface area contributed by atoms with Gasteiger partial charge in [-0.15, -0.1) is 0 Å². The number of aryl methyl sites for hydroxylation is 1. The quantitative estimate of drug-likeness (QED) is 0.213. The maximum absolute atomic E-state index is 14.3. The number of carbonyl (C=O) groups excluding carboxylic acids is 2. The minimum absolute atomic E-state index is 0.00482. The van der Waals surface area contributed by atoms with Crippen molar-refractivity contribution in [3.63, 3.8) is 0 Å². The van der Waals surface area contributed by atoms with Crippen LogP contribution in [0.2, 0.25) is 0 Å². The molecule has 2 aromatic carbocycles. The van der Waals surface area contributed by atoms with Crippen molar-refractivity contribution >= 4 is 33.5 Å². The predicted molar refractivity (Wildman–Crippen MR) is 188 cm³/mol. The number of piperidine rings is 1. The van der Waals surface area contributed by atoms with E-state index in [4.69, 9.17) is 14.3 Å². The van der Waals surface area contributed by atoms with Crippen LogP contribution in [0, 0.1) is 19.8 Å². The molecular weight excluding hydrogens is 699 g/mol. The number of amides is 2. The number of likely N-dealkylation sites (tertiary alicyclic amines) is 1. The Balaban J connectivity index is 1.31. The summed E-state index contributed by atoms with van der Waals surface area (Å²) in [6.45, 7) is 6.16. The molecule has 1 unspecified atom stereocenters. The molecule has 1 aliphatic carbocycles. The molecule has 15 heteroatoms. The van der Waals surface area contributed by atoms with Crippen LogP contribution in [0.4, 0.5) is 19.0 Å². The molecule has 3 aliphatic rings. The van der Waals surface area contributed by atoms with Crippen LogP contribution >= 0.6 is 0 Å². The van der Waals surface area contributed by atoms with Crippen molar-refractivity contribution in [1.82, 2.24) is 15.0 Å². The largest absolute Gasteiger partial charge is 0.389 e. The number of halogens is 3. The van der Waals surface area contributed by atoms with Crippen LogP contribution in [0.1, 0.15) is 80.7 Å². The van der Waals surface area contributed by atoms with Crippen molar-refractivity contribution in [3.8, 4) is 11.1 Å². The second kappa shape index (κ2) is 15.0. The number of aromatic nitrogens is 1. The van der Waals surface area contributed by atoms with Gasteiger partial charge in [0.25, 0.3) is 15.9 Å². The summed E-state index contributed by atoms with van der Waals surface area (Å²) in [5.74, 6) is 0.101. The van der Waals surface area contributed by atoms with Gasteiger partial charge in [0.1, 0.15) is 11.6 Å². The van der Waals surface area contributed by atoms with Crippen LogP contribution in [0.15, 0.2) is 56.9 Å². The molecule has 52 heavy (non-hydrogen) atoms. The minimum atomic E-state index is -4.45. The van der Waals surface area contributed by atoms with Crippen molar-refractivity contribution in [1.29, 1.82) is 0 Å². The van der Waals surface area contributed by atoms with Crippen LogP contribution in [0.3, 0.4) is 0 Å². The number of benzene rings is 2. The van der Waals surface area contributed by atoms with Gasteiger partial charge in [0.15, 0.2) is 11.4 Å². The van der Waals surface area contributed by atoms with Crippen LogP contribution in [0.25, 0.3) is 11.1 Å². The Morgan fingerprint density at radius 3 is 2.54 bits per heavy atom. The lowest BCUT2D eigenvalue weighted by atomic mass is 9.88. The molecule has 6 rings (SSSR count). The lowest BCUT2D eigenvalue weighted by Crippen LogP contribution is -2.55. The summed E-state index contributed by atoms with van der Waals surface area (Å²) in [4.78, 5) is 35.4. The number of nitrogens with zero attached hydrogens (tertiary/aromatic N) is 4. The molecule has 2 aliphatic heterocycles. The zero-order valence-electron chi connectivity index (χ0n) is 29.6. The molecule has 280 valence electrons. The van der Waals surface area contributed by atoms with E-state index in [1.807, 2.05) is 6.92 Å². The molecule has 1 saturated heterocycles. The van der Waals surface area contributed by atoms with Crippen LogP contribution in [-0.2, 0) is 37.5 Å². The third-order valence-corrected chi connectivity index (χ3v) is 11.6. The zero-order chi connectivity index (χ0) is 37.3. The number of sulfonamides is 1. The minimum Gasteiger partial charge on any atom is -0.377 e. The number of alkyl halides is 3. The third-order valence-electron chi connectivity index (χ3n) is 10.2. The fourth-order valence-electron chi connectivity index (χ4n) is 7.39. The highest BCUT2D eigenvalue weighted by Gasteiger charge is 2.52. The molecule has 0 bridgehead atoms. The van der Waals surface area contributed by atoms with Crippen LogP contribution < -0.4 is 4.72 Å². The highest BCUT2D eigenvalue weighted by Crippen LogP contribution is 2.38. The van der Waals surface area contributed by atoms with E-state index in [2.05, 4.69) is 9.88 Å². The number of nitrogens with one attached hydrogen (secondary N) is 1. The number of hydrogen-bond acceptors (Lipinski definition) is 8. The first kappa shape index (κ1) is 37.5. The van der Waals surface area contributed by atoms with Gasteiger partial charge < -0.3 is 14.2 Å². The predicted octanol–water partition coefficient (Wildman–Crippen LogP) is 6.93. The second-order valence-corrected chi connectivity index (χ2v) is 15.5. The molecule has 3 heterocycles. The van der Waals surface area contributed by atoms with E-state index in [9.17, 15) is 31.2 Å². The molecule has 2 fully saturated rings. The lowest BCUT2D eigenvalue weighted by molar-refractivity contribution is -0.141. The smallest absolute Gasteiger partial charge is 0.377 e. The molecule has 3 aromatic rings. The maximum Gasteiger partial charge on any atom is 0.389 e. The van der Waals surface area contributed by atoms with Crippen molar-refractivity contribution in [2.45, 2.75) is 102 Å². The molecule has 1 spiro atoms. The molecule has 1 aromatic heterocycles. The van der Waals surface area contributed by atoms with Gasteiger partial charge in [-0.2, -0.15) is 13.2 Å². The van der Waals surface area contributed by atoms with E-state index in [1.54, 1.807) is 55.1 Å². The lowest BCUT2D eigenvalue weighted by Gasteiger charge is -2.38. The normalized spacial score (nSPS) is 19.9. The number of ether oxygens (including phenoxy) is 1. The number of carbonyl (C=O) groups is 2. The number of hydrogen-bond donors (Lipinski definition) is 1. The van der Waals surface area contributed by atoms with E-state index < -0.39 is 40.5 Å². The molecule has 11 nitrogen and oxygen atoms in total. The summed E-state index contributed by atoms with van der Waals surface area (Å²) in [5.41, 5.74) is 1.41. The molecule has 1 atom stereocenters. The summed E-state index contributed by atoms with van der Waals surface area (Å²) in [6, 6.07) is 11.7. The molecular formula is C37H44F3N5O6S. The Kier molecular flexibility index (Phi) is 10.8. The first-order valence-corrected chi connectivity index (χ1v) is 19.2. The Morgan fingerprint density at radius 1 is 1.10 bits per heavy atom. The summed E-state index contributed by atoms with van der Waals surface area (Å²) in [5, 5.41) is 3.84.